The lowest BCUT2D eigenvalue weighted by molar-refractivity contribution is -0.133. The number of amides is 6. The van der Waals surface area contributed by atoms with Crippen LogP contribution in [-0.2, 0) is 76.2 Å². The van der Waals surface area contributed by atoms with E-state index in [0.717, 1.165) is 148 Å². The van der Waals surface area contributed by atoms with E-state index < -0.39 is 22.9 Å². The van der Waals surface area contributed by atoms with Gasteiger partial charge in [-0.2, -0.15) is 24.1 Å². The number of aryl methyl sites for hydroxylation is 3. The molecule has 3 atom stereocenters. The second-order valence-electron chi connectivity index (χ2n) is 40.5. The maximum absolute atomic E-state index is 14.0. The molecule has 8 aromatic heterocycles. The number of aromatic nitrogens is 14. The van der Waals surface area contributed by atoms with E-state index in [2.05, 4.69) is 149 Å². The molecule has 0 radical (unpaired) electrons. The summed E-state index contributed by atoms with van der Waals surface area (Å²) in [6.07, 6.45) is 23.4. The molecule has 6 fully saturated rings. The topological polar surface area (TPSA) is 364 Å². The Balaban J connectivity index is 0.000000126. The van der Waals surface area contributed by atoms with E-state index in [1.54, 1.807) is 56.3 Å². The second-order valence-corrected chi connectivity index (χ2v) is 40.5. The minimum Gasteiger partial charge on any atom is -0.475 e. The molecular weight excluding hydrogens is 1880 g/mol. The Hall–Kier alpha value is -15.6. The number of ether oxygens (including phenoxy) is 2. The van der Waals surface area contributed by atoms with Gasteiger partial charge < -0.3 is 34.2 Å². The van der Waals surface area contributed by atoms with Gasteiger partial charge in [0.1, 0.15) is 30.6 Å². The first-order chi connectivity index (χ1) is 71.9. The summed E-state index contributed by atoms with van der Waals surface area (Å²) >= 11 is 0. The molecule has 1 N–H and O–H groups in total. The molecule has 6 saturated heterocycles. The third-order valence-electron chi connectivity index (χ3n) is 30.6. The Kier molecular flexibility index (Phi) is 26.9. The zero-order valence-corrected chi connectivity index (χ0v) is 83.3. The van der Waals surface area contributed by atoms with Gasteiger partial charge in [-0.3, -0.25) is 87.3 Å². The average molecular weight is 1990 g/mol. The van der Waals surface area contributed by atoms with E-state index in [1.165, 1.54) is 29.0 Å². The fourth-order valence-electron chi connectivity index (χ4n) is 22.4. The van der Waals surface area contributed by atoms with Gasteiger partial charge in [0.2, 0.25) is 47.2 Å². The van der Waals surface area contributed by atoms with Crippen LogP contribution >= 0.6 is 0 Å². The second kappa shape index (κ2) is 41.0. The lowest BCUT2D eigenvalue weighted by Gasteiger charge is -2.29. The first-order valence-electron chi connectivity index (χ1n) is 50.7. The number of alkyl halides is 2. The largest absolute Gasteiger partial charge is 0.475 e. The highest BCUT2D eigenvalue weighted by Gasteiger charge is 2.55. The van der Waals surface area contributed by atoms with Crippen LogP contribution < -0.4 is 24.2 Å². The first-order valence-corrected chi connectivity index (χ1v) is 50.7. The molecule has 0 unspecified atom stereocenters. The monoisotopic (exact) mass is 1990 g/mol. The number of aliphatic hydroxyl groups excluding tert-OH is 1. The highest BCUT2D eigenvalue weighted by molar-refractivity contribution is 6.17. The average Bonchev–Trinajstić information content (AvgIpc) is 1.60. The predicted octanol–water partition coefficient (Wildman–Crippen LogP) is 11.6. The van der Waals surface area contributed by atoms with Crippen LogP contribution in [0.3, 0.4) is 0 Å². The number of aliphatic imine (C=N–C) groups is 3. The van der Waals surface area contributed by atoms with Crippen LogP contribution in [0.15, 0.2) is 222 Å². The van der Waals surface area contributed by atoms with Gasteiger partial charge in [0.05, 0.1) is 102 Å². The molecule has 0 aliphatic carbocycles. The number of aliphatic hydroxyl groups is 1. The fourth-order valence-corrected chi connectivity index (χ4v) is 22.4. The minimum atomic E-state index is -2.95. The van der Waals surface area contributed by atoms with Gasteiger partial charge in [0, 0.05) is 186 Å². The number of likely N-dealkylation sites (tertiary alicyclic amines) is 3. The Morgan fingerprint density at radius 1 is 0.392 bits per heavy atom. The van der Waals surface area contributed by atoms with Crippen molar-refractivity contribution in [1.29, 1.82) is 0 Å². The molecule has 35 nitrogen and oxygen atoms in total. The Labute approximate surface area is 854 Å². The summed E-state index contributed by atoms with van der Waals surface area (Å²) in [4.78, 5) is 149. The Bertz CT molecular complexity index is 7040. The molecule has 12 aliphatic heterocycles. The molecule has 12 aliphatic rings. The number of benzene rings is 4. The molecule has 0 bridgehead atoms. The van der Waals surface area contributed by atoms with Gasteiger partial charge in [-0.05, 0) is 179 Å². The summed E-state index contributed by atoms with van der Waals surface area (Å²) in [7, 11) is 5.56. The first kappa shape index (κ1) is 97.1. The maximum Gasteiger partial charge on any atom is 0.388 e. The van der Waals surface area contributed by atoms with Crippen LogP contribution in [0.5, 0.6) is 11.8 Å². The van der Waals surface area contributed by atoms with Crippen LogP contribution in [-0.4, -0.2) is 287 Å². The molecule has 3 spiro atoms. The number of hydrogen-bond acceptors (Lipinski definition) is 26. The van der Waals surface area contributed by atoms with E-state index in [4.69, 9.17) is 24.7 Å². The number of halogens is 2. The van der Waals surface area contributed by atoms with E-state index in [1.807, 2.05) is 138 Å². The van der Waals surface area contributed by atoms with Crippen LogP contribution in [0.2, 0.25) is 0 Å². The molecule has 148 heavy (non-hydrogen) atoms. The van der Waals surface area contributed by atoms with Gasteiger partial charge in [-0.1, -0.05) is 109 Å². The number of carbonyl (C=O) groups is 6. The van der Waals surface area contributed by atoms with Crippen LogP contribution in [0.25, 0.3) is 50.9 Å². The van der Waals surface area contributed by atoms with Crippen molar-refractivity contribution in [3.63, 3.8) is 0 Å². The van der Waals surface area contributed by atoms with Crippen molar-refractivity contribution in [1.82, 2.24) is 98.6 Å². The molecule has 4 aromatic carbocycles. The minimum absolute atomic E-state index is 0.0296. The van der Waals surface area contributed by atoms with Gasteiger partial charge >= 0.3 is 6.61 Å². The van der Waals surface area contributed by atoms with E-state index in [0.29, 0.717) is 188 Å². The Morgan fingerprint density at radius 3 is 1.11 bits per heavy atom. The van der Waals surface area contributed by atoms with Gasteiger partial charge in [0.25, 0.3) is 0 Å². The molecule has 24 rings (SSSR count). The lowest BCUT2D eigenvalue weighted by atomic mass is 9.85. The molecule has 0 saturated carbocycles. The van der Waals surface area contributed by atoms with Crippen molar-refractivity contribution in [2.24, 2.45) is 52.4 Å². The summed E-state index contributed by atoms with van der Waals surface area (Å²) in [5, 5.41) is 22.5. The molecule has 20 heterocycles. The number of pyridine rings is 5. The summed E-state index contributed by atoms with van der Waals surface area (Å²) in [6, 6.07) is 49.3. The fraction of sp³-hybridized carbons (Fsp3) is 0.369. The van der Waals surface area contributed by atoms with Crippen molar-refractivity contribution >= 4 is 86.6 Å². The number of carbonyl (C=O) groups excluding carboxylic acids is 6. The van der Waals surface area contributed by atoms with Gasteiger partial charge in [-0.25, -0.2) is 34.9 Å². The summed E-state index contributed by atoms with van der Waals surface area (Å²) < 4.78 is 40.3. The van der Waals surface area contributed by atoms with Crippen molar-refractivity contribution < 1.29 is 52.1 Å². The van der Waals surface area contributed by atoms with Crippen molar-refractivity contribution in [2.45, 2.75) is 111 Å². The summed E-state index contributed by atoms with van der Waals surface area (Å²) in [5.41, 5.74) is 20.3. The van der Waals surface area contributed by atoms with Gasteiger partial charge in [0.15, 0.2) is 17.5 Å². The van der Waals surface area contributed by atoms with E-state index in [-0.39, 0.29) is 60.6 Å². The van der Waals surface area contributed by atoms with Gasteiger partial charge in [-0.15, -0.1) is 0 Å². The van der Waals surface area contributed by atoms with Crippen molar-refractivity contribution in [3.8, 4) is 45.9 Å². The molecule has 12 aromatic rings. The number of anilines is 3. The SMILES string of the molecule is CC(C)Oc1ccc(C2=NCc3ccc(N4CC[C@]5(CCN(CC(=O)N6CC=C(c7ccc(-c8ncn(C)n8)cc7)CC6)C5)C4=O)cc32)cn1.Cn1cnc(-c2ccc(C3=CCN(C(=O)CN4CC[C@]5(CCN(c6ccc7c(n6)C(c6ccc(CO)nc6)=NC7)C5=O)C4)CC3)cc2)n1.Cn1cnc(-c2ccc(C3=CCN(C(=O)CN4CC[C@]5(CCN(c6ccc7c(n6)C(c6ccc(OC(F)F)nc6)=NC7)C5=O)C4)CC3)cc2)n1. The number of fused-ring (bicyclic) bond motifs is 3. The zero-order chi connectivity index (χ0) is 102. The highest BCUT2D eigenvalue weighted by Crippen LogP contribution is 2.47. The molecular formula is C111H114F2N26O9. The molecule has 37 heteroatoms. The molecule has 6 amide bonds. The third-order valence-corrected chi connectivity index (χ3v) is 30.6. The van der Waals surface area contributed by atoms with E-state index >= 15 is 0 Å². The van der Waals surface area contributed by atoms with Crippen LogP contribution in [0.4, 0.5) is 26.1 Å². The number of hydrogen-bond donors (Lipinski definition) is 1. The standard InChI is InChI=1S/C39H42N8O3.C36H35F2N9O3.C36H37N9O3/c1-26(2)50-34-11-9-31(22-40-34)36-33-20-32(10-8-30(33)21-41-36)47-19-15-39(38(47)49)14-18-45(24-39)23-35(48)46-16-12-28(13-17-46)27-4-6-29(7-5-27)37-42-25-44(3)43-37;1-44-22-41-33(43-44)25-4-2-23(3-5-25)24-10-14-46(15-11-24)30(48)20-45-16-12-36(21-45)13-17-47(34(36)49)28-8-6-27-19-40-31(32(27)42-28)26-7-9-29(39-18-26)50-35(37)38;1-42-23-39-34(41-42)26-4-2-24(3-5-26)25-10-14-44(15-11-25)31(47)20-43-16-12-36(22-43)13-17-45(35(36)48)30-9-7-28-19-38-32(33(28)40-30)27-6-8-29(21-46)37-18-27/h4-12,20,22,25-26H,13-19,21,23-24H2,1-3H3;2-10,18,22,35H,11-17,19-21H2,1H3;2-10,18,23,46H,11-17,19-22H2,1H3/t39-;2*36-/m000/s1. The Morgan fingerprint density at radius 2 is 0.750 bits per heavy atom. The smallest absolute Gasteiger partial charge is 0.388 e. The van der Waals surface area contributed by atoms with Crippen molar-refractivity contribution in [2.75, 3.05) is 133 Å². The van der Waals surface area contributed by atoms with Crippen LogP contribution in [0, 0.1) is 16.2 Å². The number of nitrogens with zero attached hydrogens (tertiary/aromatic N) is 26. The summed E-state index contributed by atoms with van der Waals surface area (Å²) in [6.45, 7) is 12.9. The number of rotatable bonds is 23. The zero-order valence-electron chi connectivity index (χ0n) is 83.3. The third kappa shape index (κ3) is 20.0. The quantitative estimate of drug-likeness (QED) is 0.0621. The highest BCUT2D eigenvalue weighted by atomic mass is 19.3. The molecule has 756 valence electrons. The lowest BCUT2D eigenvalue weighted by Crippen LogP contribution is -2.43. The van der Waals surface area contributed by atoms with Crippen LogP contribution in [0.1, 0.15) is 144 Å². The van der Waals surface area contributed by atoms with Crippen molar-refractivity contribution in [3.05, 3.63) is 280 Å². The normalized spacial score (nSPS) is 20.6. The maximum atomic E-state index is 14.0. The predicted molar refractivity (Wildman–Crippen MR) is 552 cm³/mol. The summed E-state index contributed by atoms with van der Waals surface area (Å²) in [5.74, 6) is 4.31. The van der Waals surface area contributed by atoms with E-state index in [9.17, 15) is 42.7 Å².